The lowest BCUT2D eigenvalue weighted by Crippen LogP contribution is -2.05. The Labute approximate surface area is 143 Å². The Bertz CT molecular complexity index is 846. The van der Waals surface area contributed by atoms with Gasteiger partial charge in [-0.1, -0.05) is 5.16 Å². The Balaban J connectivity index is 1.55. The first-order valence-corrected chi connectivity index (χ1v) is 7.59. The van der Waals surface area contributed by atoms with Gasteiger partial charge in [-0.25, -0.2) is 9.18 Å². The minimum absolute atomic E-state index is 0.0577. The molecule has 0 aliphatic heterocycles. The van der Waals surface area contributed by atoms with E-state index in [9.17, 15) is 9.18 Å². The summed E-state index contributed by atoms with van der Waals surface area (Å²) in [6, 6.07) is 8.76. The van der Waals surface area contributed by atoms with E-state index in [-0.39, 0.29) is 24.8 Å². The van der Waals surface area contributed by atoms with Crippen molar-refractivity contribution in [3.63, 3.8) is 0 Å². The summed E-state index contributed by atoms with van der Waals surface area (Å²) in [7, 11) is 0. The molecule has 0 fully saturated rings. The van der Waals surface area contributed by atoms with E-state index in [0.717, 1.165) is 5.56 Å². The molecule has 0 saturated heterocycles. The summed E-state index contributed by atoms with van der Waals surface area (Å²) in [5.74, 6) is 0.707. The molecule has 0 atom stereocenters. The van der Waals surface area contributed by atoms with Crippen LogP contribution in [0.5, 0.6) is 5.75 Å². The number of halogens is 1. The molecular weight excluding hydrogens is 329 g/mol. The second-order valence-electron chi connectivity index (χ2n) is 5.39. The Morgan fingerprint density at radius 2 is 1.88 bits per heavy atom. The number of carbonyl (C=O) groups is 1. The van der Waals surface area contributed by atoms with Gasteiger partial charge in [-0.3, -0.25) is 0 Å². The summed E-state index contributed by atoms with van der Waals surface area (Å²) in [5, 5.41) is 3.80. The maximum atomic E-state index is 12.8. The third kappa shape index (κ3) is 4.06. The molecule has 3 aromatic rings. The van der Waals surface area contributed by atoms with Crippen molar-refractivity contribution in [1.29, 1.82) is 0 Å². The highest BCUT2D eigenvalue weighted by atomic mass is 19.1. The van der Waals surface area contributed by atoms with E-state index >= 15 is 0 Å². The van der Waals surface area contributed by atoms with E-state index in [1.807, 2.05) is 0 Å². The summed E-state index contributed by atoms with van der Waals surface area (Å²) in [4.78, 5) is 12.0. The van der Waals surface area contributed by atoms with Gasteiger partial charge in [0.05, 0.1) is 11.3 Å². The molecule has 1 aromatic carbocycles. The molecule has 7 heteroatoms. The van der Waals surface area contributed by atoms with Crippen molar-refractivity contribution in [2.24, 2.45) is 0 Å². The van der Waals surface area contributed by atoms with Crippen molar-refractivity contribution in [3.05, 3.63) is 70.8 Å². The lowest BCUT2D eigenvalue weighted by molar-refractivity contribution is 0.0430. The number of hydrogen-bond donors (Lipinski definition) is 0. The Morgan fingerprint density at radius 3 is 2.56 bits per heavy atom. The van der Waals surface area contributed by atoms with Crippen LogP contribution >= 0.6 is 0 Å². The predicted octanol–water partition coefficient (Wildman–Crippen LogP) is 3.96. The predicted molar refractivity (Wildman–Crippen MR) is 84.5 cm³/mol. The number of furan rings is 1. The highest BCUT2D eigenvalue weighted by Crippen LogP contribution is 2.17. The van der Waals surface area contributed by atoms with Crippen LogP contribution in [0.1, 0.15) is 33.3 Å². The first kappa shape index (κ1) is 16.8. The minimum atomic E-state index is -0.590. The first-order chi connectivity index (χ1) is 12.0. The normalized spacial score (nSPS) is 10.7. The molecule has 25 heavy (non-hydrogen) atoms. The number of esters is 1. The van der Waals surface area contributed by atoms with Gasteiger partial charge in [0.15, 0.2) is 0 Å². The van der Waals surface area contributed by atoms with E-state index in [4.69, 9.17) is 18.4 Å². The van der Waals surface area contributed by atoms with Gasteiger partial charge in [0.1, 0.15) is 36.3 Å². The second-order valence-corrected chi connectivity index (χ2v) is 5.39. The number of aromatic nitrogens is 1. The third-order valence-electron chi connectivity index (χ3n) is 3.59. The van der Waals surface area contributed by atoms with Crippen LogP contribution in [0.15, 0.2) is 45.3 Å². The van der Waals surface area contributed by atoms with Crippen LogP contribution in [0.3, 0.4) is 0 Å². The second kappa shape index (κ2) is 7.21. The van der Waals surface area contributed by atoms with Crippen molar-refractivity contribution in [3.8, 4) is 5.75 Å². The number of carbonyl (C=O) groups excluding carboxylic acids is 1. The molecule has 0 aliphatic carbocycles. The smallest absolute Gasteiger partial charge is 0.374 e. The van der Waals surface area contributed by atoms with Crippen LogP contribution in [0.25, 0.3) is 0 Å². The topological polar surface area (TPSA) is 74.7 Å². The average Bonchev–Trinajstić information content (AvgIpc) is 3.20. The lowest BCUT2D eigenvalue weighted by Gasteiger charge is -2.04. The zero-order chi connectivity index (χ0) is 17.8. The van der Waals surface area contributed by atoms with Gasteiger partial charge in [0.25, 0.3) is 0 Å². The number of aryl methyl sites for hydroxylation is 2. The molecule has 0 spiro atoms. The third-order valence-corrected chi connectivity index (χ3v) is 3.59. The monoisotopic (exact) mass is 345 g/mol. The number of benzene rings is 1. The molecule has 0 amide bonds. The molecule has 0 unspecified atom stereocenters. The Kier molecular flexibility index (Phi) is 4.83. The van der Waals surface area contributed by atoms with Gasteiger partial charge in [-0.15, -0.1) is 0 Å². The van der Waals surface area contributed by atoms with Gasteiger partial charge < -0.3 is 18.4 Å². The lowest BCUT2D eigenvalue weighted by atomic mass is 10.2. The van der Waals surface area contributed by atoms with Gasteiger partial charge in [-0.2, -0.15) is 0 Å². The molecular formula is C18H16FNO5. The summed E-state index contributed by atoms with van der Waals surface area (Å²) in [6.45, 7) is 3.70. The number of hydrogen-bond acceptors (Lipinski definition) is 6. The molecule has 6 nitrogen and oxygen atoms in total. The van der Waals surface area contributed by atoms with Crippen LogP contribution in [0, 0.1) is 19.7 Å². The summed E-state index contributed by atoms with van der Waals surface area (Å²) >= 11 is 0. The fraction of sp³-hybridized carbons (Fsp3) is 0.222. The van der Waals surface area contributed by atoms with E-state index in [1.54, 1.807) is 19.9 Å². The molecule has 130 valence electrons. The number of nitrogens with zero attached hydrogens (tertiary/aromatic N) is 1. The zero-order valence-electron chi connectivity index (χ0n) is 13.7. The highest BCUT2D eigenvalue weighted by Gasteiger charge is 2.16. The zero-order valence-corrected chi connectivity index (χ0v) is 13.7. The van der Waals surface area contributed by atoms with Crippen LogP contribution in [0.4, 0.5) is 4.39 Å². The van der Waals surface area contributed by atoms with Crippen molar-refractivity contribution in [2.75, 3.05) is 0 Å². The molecule has 0 saturated carbocycles. The maximum absolute atomic E-state index is 12.8. The van der Waals surface area contributed by atoms with Crippen LogP contribution < -0.4 is 4.74 Å². The van der Waals surface area contributed by atoms with Gasteiger partial charge >= 0.3 is 5.97 Å². The van der Waals surface area contributed by atoms with E-state index in [1.165, 1.54) is 30.3 Å². The van der Waals surface area contributed by atoms with Gasteiger partial charge in [0, 0.05) is 0 Å². The molecule has 0 N–H and O–H groups in total. The van der Waals surface area contributed by atoms with Gasteiger partial charge in [-0.05, 0) is 50.2 Å². The average molecular weight is 345 g/mol. The van der Waals surface area contributed by atoms with Crippen LogP contribution in [-0.2, 0) is 18.0 Å². The van der Waals surface area contributed by atoms with Crippen molar-refractivity contribution >= 4 is 5.97 Å². The highest BCUT2D eigenvalue weighted by molar-refractivity contribution is 5.86. The molecule has 2 aromatic heterocycles. The Hall–Kier alpha value is -3.09. The summed E-state index contributed by atoms with van der Waals surface area (Å²) in [5.41, 5.74) is 1.41. The quantitative estimate of drug-likeness (QED) is 0.630. The van der Waals surface area contributed by atoms with Crippen LogP contribution in [0.2, 0.25) is 0 Å². The number of rotatable bonds is 6. The fourth-order valence-corrected chi connectivity index (χ4v) is 2.17. The number of ether oxygens (including phenoxy) is 2. The Morgan fingerprint density at radius 1 is 1.12 bits per heavy atom. The molecule has 0 radical (unpaired) electrons. The standard InChI is InChI=1S/C18H16FNO5/c1-11-16(12(2)25-20-11)10-23-18(21)17-8-7-15(24-17)9-22-14-5-3-13(19)4-6-14/h3-8H,9-10H2,1-2H3. The van der Waals surface area contributed by atoms with Crippen molar-refractivity contribution < 1.29 is 27.6 Å². The summed E-state index contributed by atoms with van der Waals surface area (Å²) in [6.07, 6.45) is 0. The molecule has 0 bridgehead atoms. The van der Waals surface area contributed by atoms with Gasteiger partial charge in [0.2, 0.25) is 5.76 Å². The fourth-order valence-electron chi connectivity index (χ4n) is 2.17. The summed E-state index contributed by atoms with van der Waals surface area (Å²) < 4.78 is 33.9. The van der Waals surface area contributed by atoms with E-state index in [0.29, 0.717) is 23.0 Å². The maximum Gasteiger partial charge on any atom is 0.374 e. The largest absolute Gasteiger partial charge is 0.486 e. The van der Waals surface area contributed by atoms with E-state index in [2.05, 4.69) is 5.16 Å². The van der Waals surface area contributed by atoms with E-state index < -0.39 is 5.97 Å². The first-order valence-electron chi connectivity index (χ1n) is 7.59. The SMILES string of the molecule is Cc1noc(C)c1COC(=O)c1ccc(COc2ccc(F)cc2)o1. The van der Waals surface area contributed by atoms with Crippen molar-refractivity contribution in [2.45, 2.75) is 27.1 Å². The van der Waals surface area contributed by atoms with Crippen molar-refractivity contribution in [1.82, 2.24) is 5.16 Å². The van der Waals surface area contributed by atoms with Crippen LogP contribution in [-0.4, -0.2) is 11.1 Å². The molecule has 2 heterocycles. The minimum Gasteiger partial charge on any atom is -0.486 e. The molecule has 3 rings (SSSR count). The molecule has 0 aliphatic rings.